The van der Waals surface area contributed by atoms with Gasteiger partial charge in [-0.25, -0.2) is 13.4 Å². The molecule has 230 valence electrons. The number of hydrogen-bond acceptors (Lipinski definition) is 8. The van der Waals surface area contributed by atoms with Crippen LogP contribution in [0.1, 0.15) is 48.2 Å². The Hall–Kier alpha value is -4.23. The van der Waals surface area contributed by atoms with Gasteiger partial charge in [0.15, 0.2) is 0 Å². The number of rotatable bonds is 14. The zero-order valence-corrected chi connectivity index (χ0v) is 25.5. The first-order valence-corrected chi connectivity index (χ1v) is 15.6. The molecule has 0 bridgehead atoms. The van der Waals surface area contributed by atoms with Gasteiger partial charge in [0.25, 0.3) is 5.91 Å². The lowest BCUT2D eigenvalue weighted by atomic mass is 9.96. The number of sulfonamides is 1. The molecule has 0 saturated carbocycles. The number of nitrogens with one attached hydrogen (secondary N) is 4. The van der Waals surface area contributed by atoms with Crippen LogP contribution < -0.4 is 15.4 Å². The Balaban J connectivity index is 1.23. The first-order valence-electron chi connectivity index (χ1n) is 14.1. The molecule has 0 fully saturated rings. The van der Waals surface area contributed by atoms with Crippen molar-refractivity contribution < 1.29 is 28.0 Å². The monoisotopic (exact) mass is 610 g/mol. The van der Waals surface area contributed by atoms with E-state index in [1.807, 2.05) is 45.9 Å². The van der Waals surface area contributed by atoms with Crippen LogP contribution in [0.3, 0.4) is 0 Å². The van der Waals surface area contributed by atoms with Crippen molar-refractivity contribution in [3.63, 3.8) is 0 Å². The quantitative estimate of drug-likeness (QED) is 0.172. The van der Waals surface area contributed by atoms with Crippen molar-refractivity contribution in [3.8, 4) is 11.1 Å². The van der Waals surface area contributed by atoms with Crippen molar-refractivity contribution in [1.29, 1.82) is 0 Å². The summed E-state index contributed by atoms with van der Waals surface area (Å²) in [5.41, 5.74) is 6.10. The molecule has 1 aromatic heterocycles. The maximum atomic E-state index is 13.0. The molecule has 4 rings (SSSR count). The van der Waals surface area contributed by atoms with Crippen molar-refractivity contribution >= 4 is 33.6 Å². The molecule has 2 aromatic carbocycles. The van der Waals surface area contributed by atoms with E-state index in [9.17, 15) is 23.1 Å². The maximum Gasteiger partial charge on any atom is 0.323 e. The lowest BCUT2D eigenvalue weighted by Crippen LogP contribution is -2.49. The minimum Gasteiger partial charge on any atom is -0.480 e. The summed E-state index contributed by atoms with van der Waals surface area (Å²) in [6.07, 6.45) is 2.43. The van der Waals surface area contributed by atoms with E-state index in [4.69, 9.17) is 4.84 Å². The summed E-state index contributed by atoms with van der Waals surface area (Å²) in [5, 5.41) is 19.2. The second-order valence-electron chi connectivity index (χ2n) is 10.7. The summed E-state index contributed by atoms with van der Waals surface area (Å²) >= 11 is 0. The molecule has 0 aliphatic carbocycles. The number of amides is 1. The predicted octanol–water partition coefficient (Wildman–Crippen LogP) is 3.59. The summed E-state index contributed by atoms with van der Waals surface area (Å²) in [5.74, 6) is -1.29. The number of benzene rings is 2. The molecule has 3 aromatic rings. The van der Waals surface area contributed by atoms with Gasteiger partial charge in [-0.15, -0.1) is 0 Å². The third-order valence-corrected chi connectivity index (χ3v) is 8.85. The van der Waals surface area contributed by atoms with Crippen molar-refractivity contribution in [3.05, 3.63) is 65.0 Å². The van der Waals surface area contributed by atoms with Gasteiger partial charge in [-0.2, -0.15) is 4.72 Å². The molecule has 13 heteroatoms. The van der Waals surface area contributed by atoms with E-state index in [0.717, 1.165) is 59.0 Å². The number of carbonyl (C=O) groups is 2. The molecule has 0 saturated heterocycles. The minimum atomic E-state index is -4.18. The van der Waals surface area contributed by atoms with E-state index in [1.165, 1.54) is 12.1 Å². The topological polar surface area (TPSA) is 175 Å². The maximum absolute atomic E-state index is 13.0. The molecule has 5 N–H and O–H groups in total. The number of anilines is 1. The number of oxime groups is 1. The van der Waals surface area contributed by atoms with Crippen LogP contribution in [0.15, 0.2) is 52.5 Å². The zero-order chi connectivity index (χ0) is 31.1. The Morgan fingerprint density at radius 3 is 2.40 bits per heavy atom. The fourth-order valence-corrected chi connectivity index (χ4v) is 6.04. The molecule has 1 aliphatic heterocycles. The number of H-pyrrole nitrogens is 1. The number of carboxylic acid groups (broad SMARTS) is 1. The van der Waals surface area contributed by atoms with Gasteiger partial charge < -0.3 is 25.6 Å². The Labute approximate surface area is 251 Å². The molecular weight excluding hydrogens is 572 g/mol. The predicted molar refractivity (Wildman–Crippen MR) is 163 cm³/mol. The number of carboxylic acids is 1. The van der Waals surface area contributed by atoms with Crippen molar-refractivity contribution in [2.75, 3.05) is 18.4 Å². The number of hydrogen-bond donors (Lipinski definition) is 5. The number of nitrogens with zero attached hydrogens (tertiary/aromatic N) is 2. The highest BCUT2D eigenvalue weighted by atomic mass is 32.2. The second kappa shape index (κ2) is 13.8. The van der Waals surface area contributed by atoms with Crippen LogP contribution in [-0.2, 0) is 24.4 Å². The Bertz CT molecular complexity index is 1560. The van der Waals surface area contributed by atoms with Crippen LogP contribution in [0.2, 0.25) is 0 Å². The largest absolute Gasteiger partial charge is 0.480 e. The molecule has 12 nitrogen and oxygen atoms in total. The van der Waals surface area contributed by atoms with E-state index in [2.05, 4.69) is 30.5 Å². The van der Waals surface area contributed by atoms with E-state index >= 15 is 0 Å². The van der Waals surface area contributed by atoms with Crippen LogP contribution in [-0.4, -0.2) is 66.3 Å². The van der Waals surface area contributed by atoms with Gasteiger partial charge in [0.1, 0.15) is 17.9 Å². The molecule has 2 unspecified atom stereocenters. The Kier molecular flexibility index (Phi) is 10.2. The number of aryl methyl sites for hydroxylation is 4. The lowest BCUT2D eigenvalue weighted by Gasteiger charge is -2.16. The van der Waals surface area contributed by atoms with Crippen LogP contribution in [0.4, 0.5) is 5.95 Å². The third kappa shape index (κ3) is 8.20. The van der Waals surface area contributed by atoms with Crippen molar-refractivity contribution in [2.45, 2.75) is 70.4 Å². The van der Waals surface area contributed by atoms with Crippen LogP contribution in [0, 0.1) is 27.7 Å². The first kappa shape index (κ1) is 31.7. The summed E-state index contributed by atoms with van der Waals surface area (Å²) < 4.78 is 28.1. The van der Waals surface area contributed by atoms with Crippen molar-refractivity contribution in [2.24, 2.45) is 5.16 Å². The molecule has 0 spiro atoms. The van der Waals surface area contributed by atoms with Crippen LogP contribution in [0.25, 0.3) is 11.1 Å². The summed E-state index contributed by atoms with van der Waals surface area (Å²) in [4.78, 5) is 37.3. The van der Waals surface area contributed by atoms with Gasteiger partial charge >= 0.3 is 5.97 Å². The van der Waals surface area contributed by atoms with E-state index in [1.54, 1.807) is 12.1 Å². The zero-order valence-electron chi connectivity index (χ0n) is 24.7. The molecule has 1 amide bonds. The van der Waals surface area contributed by atoms with Crippen molar-refractivity contribution in [1.82, 2.24) is 20.0 Å². The summed E-state index contributed by atoms with van der Waals surface area (Å²) in [7, 11) is -4.18. The number of imidazole rings is 1. The highest BCUT2D eigenvalue weighted by Crippen LogP contribution is 2.28. The highest BCUT2D eigenvalue weighted by Gasteiger charge is 2.29. The normalized spacial score (nSPS) is 15.4. The average Bonchev–Trinajstić information content (AvgIpc) is 3.56. The fourth-order valence-electron chi connectivity index (χ4n) is 4.85. The van der Waals surface area contributed by atoms with Gasteiger partial charge in [0.2, 0.25) is 16.0 Å². The number of aromatic nitrogens is 2. The van der Waals surface area contributed by atoms with Gasteiger partial charge in [0, 0.05) is 25.2 Å². The third-order valence-electron chi connectivity index (χ3n) is 7.37. The molecular formula is C30H38N6O6S. The summed E-state index contributed by atoms with van der Waals surface area (Å²) in [6, 6.07) is 10.6. The minimum absolute atomic E-state index is 0.0824. The van der Waals surface area contributed by atoms with Gasteiger partial charge in [-0.1, -0.05) is 35.5 Å². The highest BCUT2D eigenvalue weighted by molar-refractivity contribution is 7.89. The average molecular weight is 611 g/mol. The standard InChI is InChI=1S/C30H38N6O6S/c1-18-8-7-9-19(2)27(18)22-11-13-24(14-12-22)43(40,41)36-26(29(38)39)17-32-28(37)25-16-23(42-35-25)10-5-6-15-31-30-33-20(3)21(4)34-30/h7-9,11-14,23,26,36H,5-6,10,15-17H2,1-4H3,(H,32,37)(H,38,39)(H2,31,33,34). The van der Waals surface area contributed by atoms with Gasteiger partial charge in [-0.3, -0.25) is 9.59 Å². The van der Waals surface area contributed by atoms with E-state index < -0.39 is 34.5 Å². The summed E-state index contributed by atoms with van der Waals surface area (Å²) in [6.45, 7) is 8.13. The SMILES string of the molecule is Cc1cccc(C)c1-c1ccc(S(=O)(=O)NC(CNC(=O)C2=NOC(CCCCNc3nc(C)c(C)[nH]3)C2)C(=O)O)cc1. The molecule has 0 radical (unpaired) electrons. The fraction of sp³-hybridized carbons (Fsp3) is 0.400. The molecule has 2 atom stereocenters. The molecule has 2 heterocycles. The number of carbonyl (C=O) groups excluding carboxylic acids is 1. The van der Waals surface area contributed by atoms with Gasteiger partial charge in [0.05, 0.1) is 10.6 Å². The van der Waals surface area contributed by atoms with Gasteiger partial charge in [-0.05, 0) is 81.3 Å². The number of unbranched alkanes of at least 4 members (excludes halogenated alkanes) is 1. The number of aromatic amines is 1. The lowest BCUT2D eigenvalue weighted by molar-refractivity contribution is -0.138. The van der Waals surface area contributed by atoms with Crippen LogP contribution >= 0.6 is 0 Å². The van der Waals surface area contributed by atoms with E-state index in [0.29, 0.717) is 6.42 Å². The molecule has 1 aliphatic rings. The second-order valence-corrected chi connectivity index (χ2v) is 12.4. The smallest absolute Gasteiger partial charge is 0.323 e. The Morgan fingerprint density at radius 1 is 1.07 bits per heavy atom. The molecule has 43 heavy (non-hydrogen) atoms. The Morgan fingerprint density at radius 2 is 1.77 bits per heavy atom. The number of aliphatic carboxylic acids is 1. The van der Waals surface area contributed by atoms with E-state index in [-0.39, 0.29) is 23.1 Å². The van der Waals surface area contributed by atoms with Crippen LogP contribution in [0.5, 0.6) is 0 Å². The first-order chi connectivity index (χ1) is 20.4.